The van der Waals surface area contributed by atoms with Crippen LogP contribution in [0.3, 0.4) is 0 Å². The van der Waals surface area contributed by atoms with E-state index in [2.05, 4.69) is 19.1 Å². The van der Waals surface area contributed by atoms with Crippen LogP contribution in [0.15, 0.2) is 36.6 Å². The Morgan fingerprint density at radius 3 is 2.33 bits per heavy atom. The largest absolute Gasteiger partial charge is 0.504 e. The molecule has 0 aromatic heterocycles. The molecule has 0 aliphatic carbocycles. The number of unbranched alkanes of at least 4 members (excludes halogenated alkanes) is 5. The minimum Gasteiger partial charge on any atom is -0.504 e. The van der Waals surface area contributed by atoms with Gasteiger partial charge in [0.2, 0.25) is 0 Å². The Balaban J connectivity index is 3.23. The lowest BCUT2D eigenvalue weighted by atomic mass is 10.1. The third kappa shape index (κ3) is 13.0. The van der Waals surface area contributed by atoms with Gasteiger partial charge in [0.05, 0.1) is 13.4 Å². The molecule has 0 fully saturated rings. The highest BCUT2D eigenvalue weighted by atomic mass is 16.5. The second-order valence-corrected chi connectivity index (χ2v) is 3.58. The van der Waals surface area contributed by atoms with Crippen molar-refractivity contribution in [3.8, 4) is 0 Å². The summed E-state index contributed by atoms with van der Waals surface area (Å²) in [5.41, 5.74) is 0. The van der Waals surface area contributed by atoms with Crippen LogP contribution in [0.4, 0.5) is 0 Å². The average Bonchev–Trinajstić information content (AvgIpc) is 2.26. The van der Waals surface area contributed by atoms with Crippen LogP contribution in [0.5, 0.6) is 0 Å². The molecule has 15 heavy (non-hydrogen) atoms. The van der Waals surface area contributed by atoms with E-state index in [9.17, 15) is 0 Å². The summed E-state index contributed by atoms with van der Waals surface area (Å²) in [6, 6.07) is 0. The van der Waals surface area contributed by atoms with Gasteiger partial charge in [0.15, 0.2) is 0 Å². The second kappa shape index (κ2) is 13.0. The number of ether oxygens (including phenoxy) is 1. The maximum absolute atomic E-state index is 4.77. The Bertz CT molecular complexity index is 190. The van der Waals surface area contributed by atoms with Gasteiger partial charge in [-0.05, 0) is 18.9 Å². The highest BCUT2D eigenvalue weighted by Crippen LogP contribution is 2.05. The first-order chi connectivity index (χ1) is 7.41. The zero-order valence-corrected chi connectivity index (χ0v) is 10.1. The predicted octanol–water partition coefficient (Wildman–Crippen LogP) is 4.62. The van der Waals surface area contributed by atoms with Crippen LogP contribution in [-0.2, 0) is 4.74 Å². The molecular weight excluding hydrogens is 184 g/mol. The summed E-state index contributed by atoms with van der Waals surface area (Å²) in [7, 11) is 1.65. The fraction of sp³-hybridized carbons (Fsp3) is 0.571. The lowest BCUT2D eigenvalue weighted by molar-refractivity contribution is 0.338. The van der Waals surface area contributed by atoms with Gasteiger partial charge in [-0.3, -0.25) is 0 Å². The van der Waals surface area contributed by atoms with Crippen molar-refractivity contribution >= 4 is 0 Å². The first-order valence-electron chi connectivity index (χ1n) is 5.93. The third-order valence-corrected chi connectivity index (χ3v) is 2.16. The molecule has 0 unspecified atom stereocenters. The van der Waals surface area contributed by atoms with Crippen molar-refractivity contribution in [3.63, 3.8) is 0 Å². The van der Waals surface area contributed by atoms with Gasteiger partial charge < -0.3 is 4.74 Å². The Hall–Kier alpha value is -0.980. The minimum atomic E-state index is 1.20. The second-order valence-electron chi connectivity index (χ2n) is 3.58. The summed E-state index contributed by atoms with van der Waals surface area (Å²) in [5, 5.41) is 0. The van der Waals surface area contributed by atoms with Crippen LogP contribution in [-0.4, -0.2) is 7.11 Å². The number of rotatable bonds is 9. The van der Waals surface area contributed by atoms with Gasteiger partial charge in [-0.15, -0.1) is 0 Å². The van der Waals surface area contributed by atoms with Gasteiger partial charge in [0.1, 0.15) is 0 Å². The monoisotopic (exact) mass is 208 g/mol. The van der Waals surface area contributed by atoms with Crippen molar-refractivity contribution in [1.82, 2.24) is 0 Å². The maximum Gasteiger partial charge on any atom is 0.0824 e. The van der Waals surface area contributed by atoms with E-state index in [1.807, 2.05) is 18.2 Å². The van der Waals surface area contributed by atoms with Crippen molar-refractivity contribution in [1.29, 1.82) is 0 Å². The normalized spacial score (nSPS) is 12.1. The van der Waals surface area contributed by atoms with Gasteiger partial charge in [-0.2, -0.15) is 0 Å². The molecule has 0 rings (SSSR count). The van der Waals surface area contributed by atoms with E-state index in [4.69, 9.17) is 4.74 Å². The summed E-state index contributed by atoms with van der Waals surface area (Å²) in [5.74, 6) is 0. The summed E-state index contributed by atoms with van der Waals surface area (Å²) in [4.78, 5) is 0. The Morgan fingerprint density at radius 1 is 0.867 bits per heavy atom. The Labute approximate surface area is 94.5 Å². The Kier molecular flexibility index (Phi) is 12.2. The highest BCUT2D eigenvalue weighted by molar-refractivity contribution is 5.09. The van der Waals surface area contributed by atoms with Crippen molar-refractivity contribution < 1.29 is 4.74 Å². The first-order valence-corrected chi connectivity index (χ1v) is 5.93. The van der Waals surface area contributed by atoms with Crippen molar-refractivity contribution in [3.05, 3.63) is 36.6 Å². The van der Waals surface area contributed by atoms with Crippen LogP contribution in [0.1, 0.15) is 45.4 Å². The van der Waals surface area contributed by atoms with Crippen LogP contribution in [0.25, 0.3) is 0 Å². The Morgan fingerprint density at radius 2 is 1.60 bits per heavy atom. The van der Waals surface area contributed by atoms with Crippen LogP contribution in [0, 0.1) is 0 Å². The summed E-state index contributed by atoms with van der Waals surface area (Å²) >= 11 is 0. The predicted molar refractivity (Wildman–Crippen MR) is 67.8 cm³/mol. The van der Waals surface area contributed by atoms with Crippen LogP contribution < -0.4 is 0 Å². The topological polar surface area (TPSA) is 9.23 Å². The number of hydrogen-bond acceptors (Lipinski definition) is 1. The SMILES string of the molecule is CCCCCCCC=CC=CC=COC. The summed E-state index contributed by atoms with van der Waals surface area (Å²) < 4.78 is 4.77. The standard InChI is InChI=1S/C14H24O/c1-3-4-5-6-7-8-9-10-11-12-13-14-15-2/h9-14H,3-8H2,1-2H3. The zero-order chi connectivity index (χ0) is 11.2. The van der Waals surface area contributed by atoms with Gasteiger partial charge in [0.25, 0.3) is 0 Å². The fourth-order valence-corrected chi connectivity index (χ4v) is 1.29. The number of methoxy groups -OCH3 is 1. The lowest BCUT2D eigenvalue weighted by Gasteiger charge is -1.95. The van der Waals surface area contributed by atoms with E-state index in [1.54, 1.807) is 13.4 Å². The van der Waals surface area contributed by atoms with Crippen molar-refractivity contribution in [2.45, 2.75) is 45.4 Å². The van der Waals surface area contributed by atoms with E-state index >= 15 is 0 Å². The molecule has 0 atom stereocenters. The molecular formula is C14H24O. The molecule has 0 aromatic rings. The molecule has 0 aromatic carbocycles. The van der Waals surface area contributed by atoms with Crippen molar-refractivity contribution in [2.75, 3.05) is 7.11 Å². The molecule has 0 bridgehead atoms. The molecule has 0 aliphatic heterocycles. The lowest BCUT2D eigenvalue weighted by Crippen LogP contribution is -1.75. The number of hydrogen-bond donors (Lipinski definition) is 0. The van der Waals surface area contributed by atoms with E-state index < -0.39 is 0 Å². The average molecular weight is 208 g/mol. The molecule has 0 aliphatic rings. The molecule has 0 heterocycles. The van der Waals surface area contributed by atoms with Gasteiger partial charge in [0, 0.05) is 0 Å². The quantitative estimate of drug-likeness (QED) is 0.305. The molecule has 1 heteroatoms. The van der Waals surface area contributed by atoms with Crippen LogP contribution >= 0.6 is 0 Å². The zero-order valence-electron chi connectivity index (χ0n) is 10.1. The van der Waals surface area contributed by atoms with Crippen LogP contribution in [0.2, 0.25) is 0 Å². The fourth-order valence-electron chi connectivity index (χ4n) is 1.29. The molecule has 1 nitrogen and oxygen atoms in total. The highest BCUT2D eigenvalue weighted by Gasteiger charge is 1.85. The maximum atomic E-state index is 4.77. The summed E-state index contributed by atoms with van der Waals surface area (Å²) in [6.07, 6.45) is 19.8. The molecule has 86 valence electrons. The third-order valence-electron chi connectivity index (χ3n) is 2.16. The summed E-state index contributed by atoms with van der Waals surface area (Å²) in [6.45, 7) is 2.25. The van der Waals surface area contributed by atoms with E-state index in [0.29, 0.717) is 0 Å². The smallest absolute Gasteiger partial charge is 0.0824 e. The molecule has 0 saturated heterocycles. The minimum absolute atomic E-state index is 1.20. The van der Waals surface area contributed by atoms with Crippen molar-refractivity contribution in [2.24, 2.45) is 0 Å². The molecule has 0 N–H and O–H groups in total. The molecule has 0 spiro atoms. The molecule has 0 radical (unpaired) electrons. The van der Waals surface area contributed by atoms with Gasteiger partial charge in [-0.1, -0.05) is 56.9 Å². The number of allylic oxidation sites excluding steroid dienone is 5. The molecule has 0 saturated carbocycles. The molecule has 0 amide bonds. The van der Waals surface area contributed by atoms with Gasteiger partial charge >= 0.3 is 0 Å². The van der Waals surface area contributed by atoms with E-state index in [0.717, 1.165) is 0 Å². The van der Waals surface area contributed by atoms with E-state index in [1.165, 1.54) is 38.5 Å². The van der Waals surface area contributed by atoms with E-state index in [-0.39, 0.29) is 0 Å². The first kappa shape index (κ1) is 14.0. The van der Waals surface area contributed by atoms with Gasteiger partial charge in [-0.25, -0.2) is 0 Å².